The van der Waals surface area contributed by atoms with Gasteiger partial charge in [-0.1, -0.05) is 6.07 Å². The Hall–Kier alpha value is -2.65. The average Bonchev–Trinajstić information content (AvgIpc) is 3.08. The molecule has 2 aliphatic rings. The number of rotatable bonds is 4. The van der Waals surface area contributed by atoms with Crippen LogP contribution in [0.5, 0.6) is 0 Å². The maximum Gasteiger partial charge on any atom is 0.338 e. The Labute approximate surface area is 168 Å². The number of hydrogen-bond acceptors (Lipinski definition) is 5. The van der Waals surface area contributed by atoms with Crippen molar-refractivity contribution in [3.63, 3.8) is 0 Å². The largest absolute Gasteiger partial charge is 0.452 e. The SMILES string of the molecule is N#Cc1c(NC(=O)COC(=O)c2ccc3c(c2)CCCC3)sc2c1CCCC2. The summed E-state index contributed by atoms with van der Waals surface area (Å²) in [6.07, 6.45) is 8.40. The number of anilines is 1. The Morgan fingerprint density at radius 3 is 2.64 bits per heavy atom. The number of ether oxygens (including phenoxy) is 1. The fraction of sp³-hybridized carbons (Fsp3) is 0.409. The Bertz CT molecular complexity index is 971. The number of carbonyl (C=O) groups excluding carboxylic acids is 2. The van der Waals surface area contributed by atoms with E-state index < -0.39 is 11.9 Å². The van der Waals surface area contributed by atoms with Crippen LogP contribution in [0.1, 0.15) is 63.2 Å². The minimum atomic E-state index is -0.491. The summed E-state index contributed by atoms with van der Waals surface area (Å²) in [6, 6.07) is 7.86. The van der Waals surface area contributed by atoms with Crippen molar-refractivity contribution in [3.8, 4) is 6.07 Å². The first-order chi connectivity index (χ1) is 13.7. The number of nitrogens with one attached hydrogen (secondary N) is 1. The molecule has 1 amide bonds. The summed E-state index contributed by atoms with van der Waals surface area (Å²) in [4.78, 5) is 25.8. The van der Waals surface area contributed by atoms with Gasteiger partial charge >= 0.3 is 5.97 Å². The molecule has 0 bridgehead atoms. The zero-order valence-corrected chi connectivity index (χ0v) is 16.5. The number of aryl methyl sites for hydroxylation is 3. The number of nitriles is 1. The third-order valence-corrected chi connectivity index (χ3v) is 6.66. The molecule has 6 heteroatoms. The highest BCUT2D eigenvalue weighted by Crippen LogP contribution is 2.37. The number of carbonyl (C=O) groups is 2. The summed E-state index contributed by atoms with van der Waals surface area (Å²) < 4.78 is 5.20. The van der Waals surface area contributed by atoms with Crippen molar-refractivity contribution in [1.29, 1.82) is 5.26 Å². The smallest absolute Gasteiger partial charge is 0.338 e. The minimum Gasteiger partial charge on any atom is -0.452 e. The van der Waals surface area contributed by atoms with Gasteiger partial charge in [-0.25, -0.2) is 4.79 Å². The Morgan fingerprint density at radius 1 is 1.07 bits per heavy atom. The van der Waals surface area contributed by atoms with Gasteiger partial charge in [-0.15, -0.1) is 11.3 Å². The van der Waals surface area contributed by atoms with E-state index in [-0.39, 0.29) is 6.61 Å². The van der Waals surface area contributed by atoms with Crippen LogP contribution in [0.3, 0.4) is 0 Å². The fourth-order valence-corrected chi connectivity index (χ4v) is 5.27. The highest BCUT2D eigenvalue weighted by atomic mass is 32.1. The Balaban J connectivity index is 1.38. The molecule has 1 heterocycles. The van der Waals surface area contributed by atoms with Crippen molar-refractivity contribution in [2.75, 3.05) is 11.9 Å². The number of benzene rings is 1. The number of fused-ring (bicyclic) bond motifs is 2. The predicted molar refractivity (Wildman–Crippen MR) is 108 cm³/mol. The molecule has 1 N–H and O–H groups in total. The van der Waals surface area contributed by atoms with E-state index in [9.17, 15) is 14.9 Å². The van der Waals surface area contributed by atoms with Gasteiger partial charge < -0.3 is 10.1 Å². The lowest BCUT2D eigenvalue weighted by Gasteiger charge is -2.16. The topological polar surface area (TPSA) is 79.2 Å². The molecule has 2 aromatic rings. The summed E-state index contributed by atoms with van der Waals surface area (Å²) in [5.41, 5.74) is 4.62. The molecule has 0 radical (unpaired) electrons. The van der Waals surface area contributed by atoms with E-state index in [1.165, 1.54) is 33.8 Å². The Kier molecular flexibility index (Phi) is 5.45. The Morgan fingerprint density at radius 2 is 1.82 bits per heavy atom. The lowest BCUT2D eigenvalue weighted by atomic mass is 9.90. The van der Waals surface area contributed by atoms with Crippen LogP contribution in [-0.4, -0.2) is 18.5 Å². The normalized spacial score (nSPS) is 15.1. The zero-order chi connectivity index (χ0) is 19.5. The second kappa shape index (κ2) is 8.15. The van der Waals surface area contributed by atoms with Crippen LogP contribution < -0.4 is 5.32 Å². The molecule has 144 valence electrons. The van der Waals surface area contributed by atoms with E-state index in [0.29, 0.717) is 16.1 Å². The summed E-state index contributed by atoms with van der Waals surface area (Å²) in [5, 5.41) is 12.8. The van der Waals surface area contributed by atoms with Gasteiger partial charge in [0.1, 0.15) is 11.1 Å². The molecule has 1 aromatic carbocycles. The van der Waals surface area contributed by atoms with E-state index >= 15 is 0 Å². The third-order valence-electron chi connectivity index (χ3n) is 5.45. The van der Waals surface area contributed by atoms with Crippen molar-refractivity contribution < 1.29 is 14.3 Å². The fourth-order valence-electron chi connectivity index (χ4n) is 4.01. The first-order valence-corrected chi connectivity index (χ1v) is 10.6. The van der Waals surface area contributed by atoms with Crippen LogP contribution in [0.15, 0.2) is 18.2 Å². The van der Waals surface area contributed by atoms with Crippen LogP contribution in [0.25, 0.3) is 0 Å². The molecular weight excluding hydrogens is 372 g/mol. The first-order valence-electron chi connectivity index (χ1n) is 9.79. The van der Waals surface area contributed by atoms with Gasteiger partial charge in [0.2, 0.25) is 0 Å². The lowest BCUT2D eigenvalue weighted by Crippen LogP contribution is -2.21. The van der Waals surface area contributed by atoms with Crippen LogP contribution in [0, 0.1) is 11.3 Å². The van der Waals surface area contributed by atoms with E-state index in [1.54, 1.807) is 6.07 Å². The molecule has 0 saturated carbocycles. The van der Waals surface area contributed by atoms with E-state index in [0.717, 1.165) is 50.5 Å². The van der Waals surface area contributed by atoms with E-state index in [4.69, 9.17) is 4.74 Å². The van der Waals surface area contributed by atoms with Crippen molar-refractivity contribution in [1.82, 2.24) is 0 Å². The molecule has 2 aliphatic carbocycles. The van der Waals surface area contributed by atoms with Gasteiger partial charge in [-0.05, 0) is 80.2 Å². The van der Waals surface area contributed by atoms with E-state index in [1.807, 2.05) is 12.1 Å². The number of hydrogen-bond donors (Lipinski definition) is 1. The molecule has 5 nitrogen and oxygen atoms in total. The molecule has 0 unspecified atom stereocenters. The molecule has 4 rings (SSSR count). The van der Waals surface area contributed by atoms with Crippen LogP contribution in [0.2, 0.25) is 0 Å². The maximum atomic E-state index is 12.3. The van der Waals surface area contributed by atoms with Crippen LogP contribution >= 0.6 is 11.3 Å². The van der Waals surface area contributed by atoms with Crippen molar-refractivity contribution in [2.45, 2.75) is 51.4 Å². The third kappa shape index (κ3) is 3.81. The van der Waals surface area contributed by atoms with E-state index in [2.05, 4.69) is 11.4 Å². The van der Waals surface area contributed by atoms with Gasteiger partial charge in [-0.3, -0.25) is 4.79 Å². The summed E-state index contributed by atoms with van der Waals surface area (Å²) in [5.74, 6) is -0.907. The van der Waals surface area contributed by atoms with Gasteiger partial charge in [0.05, 0.1) is 11.1 Å². The van der Waals surface area contributed by atoms with Crippen molar-refractivity contribution >= 4 is 28.2 Å². The number of nitrogens with zero attached hydrogens (tertiary/aromatic N) is 1. The molecule has 0 aliphatic heterocycles. The quantitative estimate of drug-likeness (QED) is 0.789. The number of amides is 1. The molecule has 0 spiro atoms. The number of esters is 1. The standard InChI is InChI=1S/C22H22N2O3S/c23-12-18-17-7-3-4-8-19(17)28-21(18)24-20(25)13-27-22(26)16-10-9-14-5-1-2-6-15(14)11-16/h9-11H,1-8,13H2,(H,24,25). The van der Waals surface area contributed by atoms with Crippen molar-refractivity contribution in [3.05, 3.63) is 50.9 Å². The second-order valence-electron chi connectivity index (χ2n) is 7.34. The predicted octanol–water partition coefficient (Wildman–Crippen LogP) is 4.17. The zero-order valence-electron chi connectivity index (χ0n) is 15.7. The van der Waals surface area contributed by atoms with Gasteiger partial charge in [-0.2, -0.15) is 5.26 Å². The maximum absolute atomic E-state index is 12.3. The molecule has 0 saturated heterocycles. The summed E-state index contributed by atoms with van der Waals surface area (Å²) in [7, 11) is 0. The summed E-state index contributed by atoms with van der Waals surface area (Å²) in [6.45, 7) is -0.358. The monoisotopic (exact) mass is 394 g/mol. The first kappa shape index (κ1) is 18.7. The molecule has 0 fully saturated rings. The van der Waals surface area contributed by atoms with Gasteiger partial charge in [0, 0.05) is 4.88 Å². The molecular formula is C22H22N2O3S. The second-order valence-corrected chi connectivity index (χ2v) is 8.45. The van der Waals surface area contributed by atoms with Gasteiger partial charge in [0.25, 0.3) is 5.91 Å². The molecule has 28 heavy (non-hydrogen) atoms. The number of thiophene rings is 1. The molecule has 1 aromatic heterocycles. The summed E-state index contributed by atoms with van der Waals surface area (Å²) >= 11 is 1.47. The average molecular weight is 394 g/mol. The van der Waals surface area contributed by atoms with Crippen LogP contribution in [0.4, 0.5) is 5.00 Å². The minimum absolute atomic E-state index is 0.358. The molecule has 0 atom stereocenters. The highest BCUT2D eigenvalue weighted by Gasteiger charge is 2.22. The van der Waals surface area contributed by atoms with Crippen LogP contribution in [-0.2, 0) is 35.2 Å². The van der Waals surface area contributed by atoms with Crippen molar-refractivity contribution in [2.24, 2.45) is 0 Å². The lowest BCUT2D eigenvalue weighted by molar-refractivity contribution is -0.119. The highest BCUT2D eigenvalue weighted by molar-refractivity contribution is 7.16. The van der Waals surface area contributed by atoms with Gasteiger partial charge in [0.15, 0.2) is 6.61 Å².